The summed E-state index contributed by atoms with van der Waals surface area (Å²) in [5.41, 5.74) is 0.463. The fourth-order valence-electron chi connectivity index (χ4n) is 1.73. The molecule has 0 fully saturated rings. The van der Waals surface area contributed by atoms with E-state index in [-0.39, 0.29) is 16.3 Å². The summed E-state index contributed by atoms with van der Waals surface area (Å²) in [6.07, 6.45) is 2.44. The summed E-state index contributed by atoms with van der Waals surface area (Å²) in [6, 6.07) is 5.09. The molecule has 3 heteroatoms. The lowest BCUT2D eigenvalue weighted by Crippen LogP contribution is -2.30. The number of nitrogens with one attached hydrogen (secondary N) is 1. The third-order valence-corrected chi connectivity index (χ3v) is 2.99. The summed E-state index contributed by atoms with van der Waals surface area (Å²) in [5.74, 6) is -0.326. The topological polar surface area (TPSA) is 12.0 Å². The molecule has 0 saturated carbocycles. The minimum atomic E-state index is -0.326. The third kappa shape index (κ3) is 3.06. The smallest absolute Gasteiger partial charge is 0.144 e. The van der Waals surface area contributed by atoms with Crippen molar-refractivity contribution in [2.24, 2.45) is 5.41 Å². The summed E-state index contributed by atoms with van der Waals surface area (Å²) in [7, 11) is 1.87. The molecule has 0 aromatic heterocycles. The van der Waals surface area contributed by atoms with Crippen LogP contribution in [0.2, 0.25) is 5.02 Å². The van der Waals surface area contributed by atoms with Crippen LogP contribution in [0, 0.1) is 11.2 Å². The van der Waals surface area contributed by atoms with Crippen LogP contribution in [-0.4, -0.2) is 13.6 Å². The average molecular weight is 242 g/mol. The maximum atomic E-state index is 13.7. The van der Waals surface area contributed by atoms with Crippen molar-refractivity contribution in [1.29, 1.82) is 0 Å². The number of hydrogen-bond acceptors (Lipinski definition) is 1. The fraction of sp³-hybridized carbons (Fsp3) is 0.385. The van der Waals surface area contributed by atoms with Crippen molar-refractivity contribution in [2.45, 2.75) is 13.3 Å². The van der Waals surface area contributed by atoms with Crippen LogP contribution >= 0.6 is 11.6 Å². The van der Waals surface area contributed by atoms with E-state index < -0.39 is 0 Å². The first-order valence-electron chi connectivity index (χ1n) is 5.23. The van der Waals surface area contributed by atoms with Crippen molar-refractivity contribution in [1.82, 2.24) is 5.32 Å². The predicted molar refractivity (Wildman–Crippen MR) is 67.3 cm³/mol. The van der Waals surface area contributed by atoms with Gasteiger partial charge in [-0.25, -0.2) is 4.39 Å². The van der Waals surface area contributed by atoms with Crippen molar-refractivity contribution in [3.8, 4) is 0 Å². The van der Waals surface area contributed by atoms with Gasteiger partial charge in [0.25, 0.3) is 0 Å². The molecule has 0 spiro atoms. The van der Waals surface area contributed by atoms with Crippen LogP contribution in [0.25, 0.3) is 0 Å². The second kappa shape index (κ2) is 5.46. The van der Waals surface area contributed by atoms with Crippen LogP contribution in [-0.2, 0) is 6.42 Å². The Hall–Kier alpha value is -0.860. The Morgan fingerprint density at radius 3 is 2.81 bits per heavy atom. The highest BCUT2D eigenvalue weighted by atomic mass is 35.5. The van der Waals surface area contributed by atoms with Gasteiger partial charge in [-0.15, -0.1) is 6.58 Å². The van der Waals surface area contributed by atoms with E-state index in [2.05, 4.69) is 11.9 Å². The molecule has 88 valence electrons. The zero-order valence-corrected chi connectivity index (χ0v) is 10.4. The van der Waals surface area contributed by atoms with E-state index in [1.807, 2.05) is 20.0 Å². The van der Waals surface area contributed by atoms with Gasteiger partial charge in [-0.2, -0.15) is 0 Å². The third-order valence-electron chi connectivity index (χ3n) is 2.70. The normalized spacial score (nSPS) is 14.5. The van der Waals surface area contributed by atoms with Gasteiger partial charge >= 0.3 is 0 Å². The molecule has 0 aliphatic heterocycles. The Bertz CT molecular complexity index is 378. The van der Waals surface area contributed by atoms with Crippen LogP contribution in [0.4, 0.5) is 4.39 Å². The lowest BCUT2D eigenvalue weighted by Gasteiger charge is -2.25. The molecule has 0 saturated heterocycles. The summed E-state index contributed by atoms with van der Waals surface area (Å²) in [5, 5.41) is 3.26. The van der Waals surface area contributed by atoms with E-state index in [9.17, 15) is 4.39 Å². The Morgan fingerprint density at radius 2 is 2.25 bits per heavy atom. The molecule has 0 aliphatic rings. The van der Waals surface area contributed by atoms with Crippen molar-refractivity contribution >= 4 is 11.6 Å². The Balaban J connectivity index is 2.94. The second-order valence-corrected chi connectivity index (χ2v) is 4.69. The molecule has 0 aliphatic carbocycles. The average Bonchev–Trinajstić information content (AvgIpc) is 2.25. The zero-order chi connectivity index (χ0) is 12.2. The molecule has 1 unspecified atom stereocenters. The van der Waals surface area contributed by atoms with Crippen molar-refractivity contribution in [3.63, 3.8) is 0 Å². The SMILES string of the molecule is C=CC(C)(CNC)Cc1cccc(Cl)c1F. The highest BCUT2D eigenvalue weighted by molar-refractivity contribution is 6.30. The molecular weight excluding hydrogens is 225 g/mol. The molecule has 1 aromatic carbocycles. The Labute approximate surface area is 101 Å². The number of benzene rings is 1. The van der Waals surface area contributed by atoms with Crippen LogP contribution in [0.5, 0.6) is 0 Å². The van der Waals surface area contributed by atoms with E-state index >= 15 is 0 Å². The summed E-state index contributed by atoms with van der Waals surface area (Å²) in [6.45, 7) is 6.60. The van der Waals surface area contributed by atoms with Crippen LogP contribution in [0.15, 0.2) is 30.9 Å². The van der Waals surface area contributed by atoms with Crippen molar-refractivity contribution in [2.75, 3.05) is 13.6 Å². The minimum Gasteiger partial charge on any atom is -0.319 e. The first-order valence-corrected chi connectivity index (χ1v) is 5.61. The summed E-state index contributed by atoms with van der Waals surface area (Å²) in [4.78, 5) is 0. The molecule has 0 bridgehead atoms. The van der Waals surface area contributed by atoms with E-state index in [1.54, 1.807) is 18.2 Å². The van der Waals surface area contributed by atoms with Gasteiger partial charge in [0.1, 0.15) is 5.82 Å². The van der Waals surface area contributed by atoms with Gasteiger partial charge in [0, 0.05) is 12.0 Å². The van der Waals surface area contributed by atoms with E-state index in [0.29, 0.717) is 12.0 Å². The molecule has 1 N–H and O–H groups in total. The van der Waals surface area contributed by atoms with Gasteiger partial charge in [-0.3, -0.25) is 0 Å². The highest BCUT2D eigenvalue weighted by Crippen LogP contribution is 2.27. The molecule has 1 rings (SSSR count). The summed E-state index contributed by atoms with van der Waals surface area (Å²) >= 11 is 5.75. The highest BCUT2D eigenvalue weighted by Gasteiger charge is 2.22. The lowest BCUT2D eigenvalue weighted by atomic mass is 9.83. The van der Waals surface area contributed by atoms with E-state index in [0.717, 1.165) is 6.54 Å². The quantitative estimate of drug-likeness (QED) is 0.779. The van der Waals surface area contributed by atoms with Crippen LogP contribution in [0.1, 0.15) is 12.5 Å². The van der Waals surface area contributed by atoms with Gasteiger partial charge in [-0.05, 0) is 25.1 Å². The monoisotopic (exact) mass is 241 g/mol. The van der Waals surface area contributed by atoms with E-state index in [1.165, 1.54) is 0 Å². The van der Waals surface area contributed by atoms with Crippen molar-refractivity contribution in [3.05, 3.63) is 47.3 Å². The second-order valence-electron chi connectivity index (χ2n) is 4.28. The molecule has 0 amide bonds. The largest absolute Gasteiger partial charge is 0.319 e. The zero-order valence-electron chi connectivity index (χ0n) is 9.69. The molecule has 1 atom stereocenters. The predicted octanol–water partition coefficient (Wildman–Crippen LogP) is 3.43. The molecule has 16 heavy (non-hydrogen) atoms. The fourth-order valence-corrected chi connectivity index (χ4v) is 1.92. The first kappa shape index (κ1) is 13.2. The van der Waals surface area contributed by atoms with Crippen molar-refractivity contribution < 1.29 is 4.39 Å². The Morgan fingerprint density at radius 1 is 1.56 bits per heavy atom. The first-order chi connectivity index (χ1) is 7.52. The van der Waals surface area contributed by atoms with Crippen LogP contribution < -0.4 is 5.32 Å². The van der Waals surface area contributed by atoms with Crippen LogP contribution in [0.3, 0.4) is 0 Å². The van der Waals surface area contributed by atoms with Gasteiger partial charge in [0.2, 0.25) is 0 Å². The lowest BCUT2D eigenvalue weighted by molar-refractivity contribution is 0.399. The standard InChI is InChI=1S/C13H17ClFN/c1-4-13(2,9-16-3)8-10-6-5-7-11(14)12(10)15/h4-7,16H,1,8-9H2,2-3H3. The maximum absolute atomic E-state index is 13.7. The number of halogens is 2. The molecule has 0 heterocycles. The van der Waals surface area contributed by atoms with Gasteiger partial charge in [0.05, 0.1) is 5.02 Å². The molecule has 1 nitrogen and oxygen atoms in total. The maximum Gasteiger partial charge on any atom is 0.144 e. The number of hydrogen-bond donors (Lipinski definition) is 1. The van der Waals surface area contributed by atoms with Gasteiger partial charge in [0.15, 0.2) is 0 Å². The Kier molecular flexibility index (Phi) is 4.51. The summed E-state index contributed by atoms with van der Waals surface area (Å²) < 4.78 is 13.7. The van der Waals surface area contributed by atoms with Gasteiger partial charge < -0.3 is 5.32 Å². The molecular formula is C13H17ClFN. The van der Waals surface area contributed by atoms with Gasteiger partial charge in [-0.1, -0.05) is 36.7 Å². The molecule has 0 radical (unpaired) electrons. The van der Waals surface area contributed by atoms with E-state index in [4.69, 9.17) is 11.6 Å². The number of rotatable bonds is 5. The molecule has 1 aromatic rings. The minimum absolute atomic E-state index is 0.166.